The maximum absolute atomic E-state index is 12.5. The zero-order chi connectivity index (χ0) is 15.3. The summed E-state index contributed by atoms with van der Waals surface area (Å²) in [7, 11) is -3.53. The molecule has 116 valence electrons. The predicted molar refractivity (Wildman–Crippen MR) is 80.1 cm³/mol. The van der Waals surface area contributed by atoms with Crippen LogP contribution in [0.4, 0.5) is 0 Å². The lowest BCUT2D eigenvalue weighted by molar-refractivity contribution is 0.511. The number of hydrogen-bond donors (Lipinski definition) is 2. The Bertz CT molecular complexity index is 537. The second-order valence-electron chi connectivity index (χ2n) is 5.03. The summed E-state index contributed by atoms with van der Waals surface area (Å²) in [6.07, 6.45) is 2.57. The first-order chi connectivity index (χ1) is 9.37. The number of nitrogens with zero attached hydrogens (tertiary/aromatic N) is 2. The SMILES string of the molecule is CCCC(CC)NS(=O)(=O)c1c(C)nn(CCN)c1C. The van der Waals surface area contributed by atoms with E-state index in [0.717, 1.165) is 19.3 Å². The lowest BCUT2D eigenvalue weighted by Crippen LogP contribution is -2.34. The number of hydrogen-bond acceptors (Lipinski definition) is 4. The maximum Gasteiger partial charge on any atom is 0.244 e. The molecule has 0 saturated heterocycles. The summed E-state index contributed by atoms with van der Waals surface area (Å²) in [6, 6.07) is -0.0262. The van der Waals surface area contributed by atoms with Crippen molar-refractivity contribution in [3.05, 3.63) is 11.4 Å². The Morgan fingerprint density at radius 3 is 2.50 bits per heavy atom. The van der Waals surface area contributed by atoms with E-state index in [0.29, 0.717) is 29.4 Å². The van der Waals surface area contributed by atoms with Crippen LogP contribution in [0, 0.1) is 13.8 Å². The molecule has 0 aliphatic heterocycles. The highest BCUT2D eigenvalue weighted by Gasteiger charge is 2.26. The summed E-state index contributed by atoms with van der Waals surface area (Å²) in [4.78, 5) is 0.292. The molecule has 0 saturated carbocycles. The summed E-state index contributed by atoms with van der Waals surface area (Å²) in [6.45, 7) is 8.48. The second-order valence-corrected chi connectivity index (χ2v) is 6.68. The minimum absolute atomic E-state index is 0.0262. The molecule has 3 N–H and O–H groups in total. The van der Waals surface area contributed by atoms with E-state index >= 15 is 0 Å². The van der Waals surface area contributed by atoms with E-state index in [9.17, 15) is 8.42 Å². The van der Waals surface area contributed by atoms with Crippen molar-refractivity contribution in [2.75, 3.05) is 6.54 Å². The van der Waals surface area contributed by atoms with E-state index < -0.39 is 10.0 Å². The van der Waals surface area contributed by atoms with Crippen molar-refractivity contribution in [2.45, 2.75) is 64.4 Å². The van der Waals surface area contributed by atoms with Crippen LogP contribution in [0.3, 0.4) is 0 Å². The van der Waals surface area contributed by atoms with Gasteiger partial charge in [0.1, 0.15) is 4.90 Å². The van der Waals surface area contributed by atoms with Gasteiger partial charge in [-0.1, -0.05) is 20.3 Å². The third kappa shape index (κ3) is 3.80. The van der Waals surface area contributed by atoms with Gasteiger partial charge in [-0.05, 0) is 26.7 Å². The summed E-state index contributed by atoms with van der Waals surface area (Å²) in [5.74, 6) is 0. The number of rotatable bonds is 8. The number of sulfonamides is 1. The van der Waals surface area contributed by atoms with Crippen molar-refractivity contribution in [2.24, 2.45) is 5.73 Å². The third-order valence-electron chi connectivity index (χ3n) is 3.38. The fraction of sp³-hybridized carbons (Fsp3) is 0.769. The van der Waals surface area contributed by atoms with Gasteiger partial charge >= 0.3 is 0 Å². The molecule has 1 atom stereocenters. The van der Waals surface area contributed by atoms with Crippen LogP contribution < -0.4 is 10.5 Å². The lowest BCUT2D eigenvalue weighted by atomic mass is 10.1. The molecule has 6 nitrogen and oxygen atoms in total. The standard InChI is InChI=1S/C13H26N4O2S/c1-5-7-12(6-2)16-20(18,19)13-10(3)15-17(9-8-14)11(13)4/h12,16H,5-9,14H2,1-4H3. The topological polar surface area (TPSA) is 90.0 Å². The Balaban J connectivity index is 3.09. The van der Waals surface area contributed by atoms with Gasteiger partial charge < -0.3 is 5.73 Å². The molecule has 0 spiro atoms. The molecule has 0 aliphatic rings. The fourth-order valence-corrected chi connectivity index (χ4v) is 4.15. The predicted octanol–water partition coefficient (Wildman–Crippen LogP) is 1.32. The maximum atomic E-state index is 12.5. The minimum Gasteiger partial charge on any atom is -0.329 e. The van der Waals surface area contributed by atoms with Crippen LogP contribution in [-0.2, 0) is 16.6 Å². The van der Waals surface area contributed by atoms with Gasteiger partial charge in [0.2, 0.25) is 10.0 Å². The van der Waals surface area contributed by atoms with Gasteiger partial charge in [0.25, 0.3) is 0 Å². The van der Waals surface area contributed by atoms with Crippen molar-refractivity contribution in [3.63, 3.8) is 0 Å². The quantitative estimate of drug-likeness (QED) is 0.757. The van der Waals surface area contributed by atoms with Crippen LogP contribution in [0.2, 0.25) is 0 Å². The molecular formula is C13H26N4O2S. The van der Waals surface area contributed by atoms with Crippen molar-refractivity contribution in [1.82, 2.24) is 14.5 Å². The van der Waals surface area contributed by atoms with E-state index in [1.54, 1.807) is 18.5 Å². The van der Waals surface area contributed by atoms with E-state index in [-0.39, 0.29) is 6.04 Å². The number of aromatic nitrogens is 2. The molecule has 1 aromatic rings. The highest BCUT2D eigenvalue weighted by molar-refractivity contribution is 7.89. The summed E-state index contributed by atoms with van der Waals surface area (Å²) in [5, 5.41) is 4.26. The van der Waals surface area contributed by atoms with E-state index in [1.165, 1.54) is 0 Å². The van der Waals surface area contributed by atoms with E-state index in [4.69, 9.17) is 5.73 Å². The molecule has 0 radical (unpaired) electrons. The van der Waals surface area contributed by atoms with Crippen LogP contribution in [-0.4, -0.2) is 30.8 Å². The fourth-order valence-electron chi connectivity index (χ4n) is 2.38. The van der Waals surface area contributed by atoms with Crippen molar-refractivity contribution in [1.29, 1.82) is 0 Å². The molecule has 0 bridgehead atoms. The van der Waals surface area contributed by atoms with Crippen LogP contribution in [0.5, 0.6) is 0 Å². The first-order valence-corrected chi connectivity index (χ1v) is 8.62. The summed E-state index contributed by atoms with van der Waals surface area (Å²) >= 11 is 0. The van der Waals surface area contributed by atoms with Gasteiger partial charge in [0, 0.05) is 12.6 Å². The minimum atomic E-state index is -3.53. The van der Waals surface area contributed by atoms with E-state index in [1.807, 2.05) is 13.8 Å². The monoisotopic (exact) mass is 302 g/mol. The van der Waals surface area contributed by atoms with Crippen LogP contribution in [0.1, 0.15) is 44.5 Å². The molecule has 1 unspecified atom stereocenters. The Morgan fingerprint density at radius 2 is 2.00 bits per heavy atom. The van der Waals surface area contributed by atoms with Gasteiger partial charge in [-0.15, -0.1) is 0 Å². The highest BCUT2D eigenvalue weighted by Crippen LogP contribution is 2.20. The van der Waals surface area contributed by atoms with Gasteiger partial charge in [0.15, 0.2) is 0 Å². The highest BCUT2D eigenvalue weighted by atomic mass is 32.2. The molecule has 0 fully saturated rings. The van der Waals surface area contributed by atoms with Crippen molar-refractivity contribution < 1.29 is 8.42 Å². The Morgan fingerprint density at radius 1 is 1.35 bits per heavy atom. The van der Waals surface area contributed by atoms with Crippen LogP contribution >= 0.6 is 0 Å². The van der Waals surface area contributed by atoms with Gasteiger partial charge in [-0.25, -0.2) is 13.1 Å². The molecule has 0 amide bonds. The number of nitrogens with two attached hydrogens (primary N) is 1. The summed E-state index contributed by atoms with van der Waals surface area (Å²) < 4.78 is 29.5. The van der Waals surface area contributed by atoms with Crippen molar-refractivity contribution >= 4 is 10.0 Å². The van der Waals surface area contributed by atoms with E-state index in [2.05, 4.69) is 9.82 Å². The normalized spacial score (nSPS) is 13.7. The first kappa shape index (κ1) is 17.1. The molecule has 0 aromatic carbocycles. The largest absolute Gasteiger partial charge is 0.329 e. The molecular weight excluding hydrogens is 276 g/mol. The lowest BCUT2D eigenvalue weighted by Gasteiger charge is -2.16. The number of aryl methyl sites for hydroxylation is 1. The average molecular weight is 302 g/mol. The zero-order valence-corrected chi connectivity index (χ0v) is 13.6. The average Bonchev–Trinajstić information content (AvgIpc) is 2.64. The second kappa shape index (κ2) is 7.19. The zero-order valence-electron chi connectivity index (χ0n) is 12.8. The first-order valence-electron chi connectivity index (χ1n) is 7.13. The Hall–Kier alpha value is -0.920. The Labute approximate surface area is 121 Å². The van der Waals surface area contributed by atoms with Crippen molar-refractivity contribution in [3.8, 4) is 0 Å². The van der Waals surface area contributed by atoms with Gasteiger partial charge in [0.05, 0.1) is 17.9 Å². The summed E-state index contributed by atoms with van der Waals surface area (Å²) in [5.41, 5.74) is 6.68. The Kier molecular flexibility index (Phi) is 6.16. The smallest absolute Gasteiger partial charge is 0.244 e. The number of nitrogens with one attached hydrogen (secondary N) is 1. The molecule has 1 aromatic heterocycles. The van der Waals surface area contributed by atoms with Gasteiger partial charge in [-0.2, -0.15) is 5.10 Å². The molecule has 7 heteroatoms. The molecule has 1 rings (SSSR count). The van der Waals surface area contributed by atoms with Crippen LogP contribution in [0.15, 0.2) is 4.90 Å². The molecule has 20 heavy (non-hydrogen) atoms. The van der Waals surface area contributed by atoms with Gasteiger partial charge in [-0.3, -0.25) is 4.68 Å². The van der Waals surface area contributed by atoms with Crippen LogP contribution in [0.25, 0.3) is 0 Å². The molecule has 1 heterocycles. The third-order valence-corrected chi connectivity index (χ3v) is 5.15. The molecule has 0 aliphatic carbocycles.